The summed E-state index contributed by atoms with van der Waals surface area (Å²) >= 11 is 0. The van der Waals surface area contributed by atoms with Crippen molar-refractivity contribution in [2.75, 3.05) is 13.1 Å². The number of rotatable bonds is 6. The Morgan fingerprint density at radius 1 is 1.25 bits per heavy atom. The lowest BCUT2D eigenvalue weighted by Gasteiger charge is -2.32. The first-order chi connectivity index (χ1) is 13.6. The molecule has 4 rings (SSSR count). The Kier molecular flexibility index (Phi) is 5.21. The topological polar surface area (TPSA) is 89.1 Å². The molecule has 0 bridgehead atoms. The molecular weight excluding hydrogens is 356 g/mol. The number of aromatic carboxylic acids is 1. The highest BCUT2D eigenvalue weighted by Gasteiger charge is 2.26. The SMILES string of the molecule is Cn1c(Cn2ccnc2)nnc1[C@H]1CCCN(Cc2ccccc2C(=O)O)C1. The van der Waals surface area contributed by atoms with Crippen LogP contribution >= 0.6 is 0 Å². The van der Waals surface area contributed by atoms with E-state index in [0.29, 0.717) is 24.6 Å². The largest absolute Gasteiger partial charge is 0.478 e. The van der Waals surface area contributed by atoms with Crippen LogP contribution in [0.25, 0.3) is 0 Å². The minimum Gasteiger partial charge on any atom is -0.478 e. The molecule has 2 aromatic heterocycles. The van der Waals surface area contributed by atoms with Crippen molar-refractivity contribution in [3.63, 3.8) is 0 Å². The van der Waals surface area contributed by atoms with Gasteiger partial charge in [-0.1, -0.05) is 18.2 Å². The van der Waals surface area contributed by atoms with Gasteiger partial charge in [0.2, 0.25) is 0 Å². The Balaban J connectivity index is 1.47. The second-order valence-corrected chi connectivity index (χ2v) is 7.31. The van der Waals surface area contributed by atoms with Crippen LogP contribution in [0.2, 0.25) is 0 Å². The third-order valence-corrected chi connectivity index (χ3v) is 5.39. The zero-order valence-corrected chi connectivity index (χ0v) is 15.9. The van der Waals surface area contributed by atoms with E-state index in [1.54, 1.807) is 24.7 Å². The van der Waals surface area contributed by atoms with E-state index >= 15 is 0 Å². The number of nitrogens with zero attached hydrogens (tertiary/aromatic N) is 6. The number of carbonyl (C=O) groups is 1. The molecule has 146 valence electrons. The number of carboxylic acid groups (broad SMARTS) is 1. The van der Waals surface area contributed by atoms with Gasteiger partial charge in [-0.25, -0.2) is 9.78 Å². The van der Waals surface area contributed by atoms with E-state index in [1.807, 2.05) is 29.9 Å². The lowest BCUT2D eigenvalue weighted by Crippen LogP contribution is -2.35. The molecule has 0 saturated carbocycles. The summed E-state index contributed by atoms with van der Waals surface area (Å²) in [5.74, 6) is 1.31. The fourth-order valence-corrected chi connectivity index (χ4v) is 3.93. The molecule has 1 fully saturated rings. The van der Waals surface area contributed by atoms with Crippen LogP contribution in [0.5, 0.6) is 0 Å². The van der Waals surface area contributed by atoms with Crippen LogP contribution in [0, 0.1) is 0 Å². The molecule has 8 nitrogen and oxygen atoms in total. The molecule has 0 spiro atoms. The van der Waals surface area contributed by atoms with E-state index in [2.05, 4.69) is 24.6 Å². The van der Waals surface area contributed by atoms with E-state index in [0.717, 1.165) is 43.1 Å². The molecule has 1 atom stereocenters. The molecule has 28 heavy (non-hydrogen) atoms. The Bertz CT molecular complexity index is 950. The molecule has 0 radical (unpaired) electrons. The van der Waals surface area contributed by atoms with E-state index < -0.39 is 5.97 Å². The molecule has 0 unspecified atom stereocenters. The van der Waals surface area contributed by atoms with Crippen LogP contribution in [0.4, 0.5) is 0 Å². The highest BCUT2D eigenvalue weighted by Crippen LogP contribution is 2.27. The number of aromatic nitrogens is 5. The summed E-state index contributed by atoms with van der Waals surface area (Å²) < 4.78 is 4.06. The number of likely N-dealkylation sites (tertiary alicyclic amines) is 1. The van der Waals surface area contributed by atoms with Gasteiger partial charge in [0.15, 0.2) is 5.82 Å². The maximum absolute atomic E-state index is 11.5. The molecule has 8 heteroatoms. The number of hydrogen-bond donors (Lipinski definition) is 1. The Morgan fingerprint density at radius 3 is 2.89 bits per heavy atom. The summed E-state index contributed by atoms with van der Waals surface area (Å²) in [4.78, 5) is 17.9. The van der Waals surface area contributed by atoms with Crippen LogP contribution in [0.1, 0.15) is 46.3 Å². The van der Waals surface area contributed by atoms with Gasteiger partial charge in [-0.15, -0.1) is 10.2 Å². The first kappa shape index (κ1) is 18.4. The quantitative estimate of drug-likeness (QED) is 0.705. The zero-order valence-electron chi connectivity index (χ0n) is 15.9. The number of imidazole rings is 1. The van der Waals surface area contributed by atoms with Gasteiger partial charge < -0.3 is 14.2 Å². The third-order valence-electron chi connectivity index (χ3n) is 5.39. The molecule has 1 aliphatic heterocycles. The molecule has 1 saturated heterocycles. The zero-order chi connectivity index (χ0) is 19.5. The monoisotopic (exact) mass is 380 g/mol. The Morgan fingerprint density at radius 2 is 2.11 bits per heavy atom. The first-order valence-electron chi connectivity index (χ1n) is 9.49. The summed E-state index contributed by atoms with van der Waals surface area (Å²) in [6.07, 6.45) is 7.57. The van der Waals surface area contributed by atoms with Crippen molar-refractivity contribution in [2.24, 2.45) is 7.05 Å². The normalized spacial score (nSPS) is 17.7. The molecule has 3 heterocycles. The van der Waals surface area contributed by atoms with Crippen LogP contribution in [-0.4, -0.2) is 53.4 Å². The van der Waals surface area contributed by atoms with Crippen molar-refractivity contribution < 1.29 is 9.90 Å². The molecule has 1 N–H and O–H groups in total. The van der Waals surface area contributed by atoms with Crippen LogP contribution < -0.4 is 0 Å². The third kappa shape index (κ3) is 3.82. The van der Waals surface area contributed by atoms with Crippen molar-refractivity contribution >= 4 is 5.97 Å². The maximum Gasteiger partial charge on any atom is 0.336 e. The van der Waals surface area contributed by atoms with Gasteiger partial charge in [-0.2, -0.15) is 0 Å². The summed E-state index contributed by atoms with van der Waals surface area (Å²) in [5.41, 5.74) is 1.24. The lowest BCUT2D eigenvalue weighted by molar-refractivity contribution is 0.0694. The number of hydrogen-bond acceptors (Lipinski definition) is 5. The van der Waals surface area contributed by atoms with E-state index in [-0.39, 0.29) is 0 Å². The van der Waals surface area contributed by atoms with Gasteiger partial charge in [0.1, 0.15) is 5.82 Å². The van der Waals surface area contributed by atoms with Gasteiger partial charge in [0.05, 0.1) is 18.4 Å². The van der Waals surface area contributed by atoms with E-state index in [9.17, 15) is 9.90 Å². The van der Waals surface area contributed by atoms with E-state index in [1.165, 1.54) is 0 Å². The summed E-state index contributed by atoms with van der Waals surface area (Å²) in [7, 11) is 2.01. The first-order valence-corrected chi connectivity index (χ1v) is 9.49. The summed E-state index contributed by atoms with van der Waals surface area (Å²) in [6.45, 7) is 3.10. The molecule has 0 aliphatic carbocycles. The van der Waals surface area contributed by atoms with Gasteiger partial charge in [0, 0.05) is 38.4 Å². The Hall–Kier alpha value is -3.00. The van der Waals surface area contributed by atoms with Gasteiger partial charge >= 0.3 is 5.97 Å². The van der Waals surface area contributed by atoms with Crippen molar-refractivity contribution in [2.45, 2.75) is 31.8 Å². The highest BCUT2D eigenvalue weighted by atomic mass is 16.4. The second-order valence-electron chi connectivity index (χ2n) is 7.31. The van der Waals surface area contributed by atoms with Gasteiger partial charge in [0.25, 0.3) is 0 Å². The smallest absolute Gasteiger partial charge is 0.336 e. The maximum atomic E-state index is 11.5. The predicted octanol–water partition coefficient (Wildman–Crippen LogP) is 2.14. The average molecular weight is 380 g/mol. The standard InChI is InChI=1S/C20H24N6O2/c1-24-18(13-26-10-8-21-14-26)22-23-19(24)16-6-4-9-25(12-16)11-15-5-2-3-7-17(15)20(27)28/h2-3,5,7-8,10,14,16H,4,6,9,11-13H2,1H3,(H,27,28)/t16-/m0/s1. The second kappa shape index (κ2) is 7.93. The van der Waals surface area contributed by atoms with Crippen molar-refractivity contribution in [1.82, 2.24) is 29.2 Å². The Labute approximate surface area is 163 Å². The van der Waals surface area contributed by atoms with E-state index in [4.69, 9.17) is 0 Å². The minimum absolute atomic E-state index is 0.291. The predicted molar refractivity (Wildman–Crippen MR) is 103 cm³/mol. The fourth-order valence-electron chi connectivity index (χ4n) is 3.93. The average Bonchev–Trinajstić information content (AvgIpc) is 3.33. The number of carboxylic acids is 1. The van der Waals surface area contributed by atoms with Crippen LogP contribution in [0.15, 0.2) is 43.0 Å². The lowest BCUT2D eigenvalue weighted by atomic mass is 9.96. The van der Waals surface area contributed by atoms with Crippen molar-refractivity contribution in [1.29, 1.82) is 0 Å². The molecule has 1 aromatic carbocycles. The van der Waals surface area contributed by atoms with Gasteiger partial charge in [-0.05, 0) is 31.0 Å². The molecule has 3 aromatic rings. The van der Waals surface area contributed by atoms with Crippen LogP contribution in [0.3, 0.4) is 0 Å². The summed E-state index contributed by atoms with van der Waals surface area (Å²) in [6, 6.07) is 7.24. The van der Waals surface area contributed by atoms with Gasteiger partial charge in [-0.3, -0.25) is 4.90 Å². The summed E-state index contributed by atoms with van der Waals surface area (Å²) in [5, 5.41) is 18.3. The molecular formula is C20H24N6O2. The minimum atomic E-state index is -0.874. The molecule has 0 amide bonds. The molecule has 1 aliphatic rings. The van der Waals surface area contributed by atoms with Crippen molar-refractivity contribution in [3.8, 4) is 0 Å². The number of benzene rings is 1. The number of piperidine rings is 1. The highest BCUT2D eigenvalue weighted by molar-refractivity contribution is 5.89. The fraction of sp³-hybridized carbons (Fsp3) is 0.400. The van der Waals surface area contributed by atoms with Crippen molar-refractivity contribution in [3.05, 3.63) is 65.8 Å². The van der Waals surface area contributed by atoms with Crippen LogP contribution in [-0.2, 0) is 20.1 Å².